The average molecular weight is 222 g/mol. The highest BCUT2D eigenvalue weighted by atomic mass is 16.6. The smallest absolute Gasteiger partial charge is 0.333 e. The fraction of sp³-hybridized carbons (Fsp3) is 0.786. The van der Waals surface area contributed by atoms with Crippen molar-refractivity contribution in [2.75, 3.05) is 0 Å². The second kappa shape index (κ2) is 3.35. The predicted molar refractivity (Wildman–Crippen MR) is 63.9 cm³/mol. The molecule has 2 aliphatic rings. The van der Waals surface area contributed by atoms with Crippen LogP contribution in [-0.4, -0.2) is 11.6 Å². The van der Waals surface area contributed by atoms with Crippen molar-refractivity contribution in [2.24, 2.45) is 17.3 Å². The van der Waals surface area contributed by atoms with Crippen LogP contribution in [0.3, 0.4) is 0 Å². The molecule has 2 saturated carbocycles. The molecule has 0 aromatic rings. The summed E-state index contributed by atoms with van der Waals surface area (Å²) in [5.41, 5.74) is 0.369. The van der Waals surface area contributed by atoms with Gasteiger partial charge in [-0.05, 0) is 44.9 Å². The lowest BCUT2D eigenvalue weighted by Crippen LogP contribution is -2.49. The maximum absolute atomic E-state index is 11.7. The van der Waals surface area contributed by atoms with E-state index >= 15 is 0 Å². The van der Waals surface area contributed by atoms with Crippen LogP contribution in [0, 0.1) is 17.3 Å². The zero-order valence-corrected chi connectivity index (χ0v) is 10.8. The van der Waals surface area contributed by atoms with E-state index in [1.807, 2.05) is 0 Å². The van der Waals surface area contributed by atoms with Crippen molar-refractivity contribution in [3.8, 4) is 0 Å². The first kappa shape index (κ1) is 11.7. The molecule has 0 saturated heterocycles. The lowest BCUT2D eigenvalue weighted by atomic mass is 9.69. The van der Waals surface area contributed by atoms with E-state index in [1.54, 1.807) is 6.92 Å². The van der Waals surface area contributed by atoms with Crippen LogP contribution in [0.1, 0.15) is 47.0 Å². The summed E-state index contributed by atoms with van der Waals surface area (Å²) in [6, 6.07) is 0. The van der Waals surface area contributed by atoms with Crippen molar-refractivity contribution in [1.82, 2.24) is 0 Å². The Morgan fingerprint density at radius 2 is 2.06 bits per heavy atom. The van der Waals surface area contributed by atoms with E-state index in [1.165, 1.54) is 19.3 Å². The van der Waals surface area contributed by atoms with Gasteiger partial charge in [-0.15, -0.1) is 0 Å². The van der Waals surface area contributed by atoms with Gasteiger partial charge < -0.3 is 4.74 Å². The van der Waals surface area contributed by atoms with Crippen molar-refractivity contribution < 1.29 is 9.53 Å². The molecule has 90 valence electrons. The molecule has 4 unspecified atom stereocenters. The Kier molecular flexibility index (Phi) is 2.45. The van der Waals surface area contributed by atoms with E-state index in [9.17, 15) is 4.79 Å². The standard InChI is InChI=1S/C14H22O2/c1-9(2)12(15)16-14(5)10(3)11-6-7-13(14,4)8-11/h10-11H,1,6-8H2,2-5H3. The number of rotatable bonds is 2. The van der Waals surface area contributed by atoms with E-state index in [0.717, 1.165) is 5.92 Å². The fourth-order valence-electron chi connectivity index (χ4n) is 3.66. The lowest BCUT2D eigenvalue weighted by Gasteiger charge is -2.45. The van der Waals surface area contributed by atoms with Gasteiger partial charge in [-0.2, -0.15) is 0 Å². The van der Waals surface area contributed by atoms with Crippen LogP contribution in [0.25, 0.3) is 0 Å². The highest BCUT2D eigenvalue weighted by Crippen LogP contribution is 2.63. The molecule has 2 bridgehead atoms. The van der Waals surface area contributed by atoms with Gasteiger partial charge in [0.05, 0.1) is 0 Å². The molecule has 0 aliphatic heterocycles. The van der Waals surface area contributed by atoms with Gasteiger partial charge in [-0.3, -0.25) is 0 Å². The molecular weight excluding hydrogens is 200 g/mol. The van der Waals surface area contributed by atoms with Crippen molar-refractivity contribution in [3.63, 3.8) is 0 Å². The Bertz CT molecular complexity index is 347. The largest absolute Gasteiger partial charge is 0.455 e. The quantitative estimate of drug-likeness (QED) is 0.529. The molecule has 0 N–H and O–H groups in total. The van der Waals surface area contributed by atoms with E-state index < -0.39 is 0 Å². The average Bonchev–Trinajstić information content (AvgIpc) is 2.66. The molecule has 4 atom stereocenters. The number of hydrogen-bond donors (Lipinski definition) is 0. The second-order valence-electron chi connectivity index (χ2n) is 6.13. The summed E-state index contributed by atoms with van der Waals surface area (Å²) in [6.45, 7) is 12.0. The van der Waals surface area contributed by atoms with E-state index in [0.29, 0.717) is 11.5 Å². The number of esters is 1. The third kappa shape index (κ3) is 1.35. The number of hydrogen-bond acceptors (Lipinski definition) is 2. The monoisotopic (exact) mass is 222 g/mol. The van der Waals surface area contributed by atoms with Gasteiger partial charge in [0.1, 0.15) is 5.60 Å². The maximum Gasteiger partial charge on any atom is 0.333 e. The Morgan fingerprint density at radius 3 is 2.50 bits per heavy atom. The van der Waals surface area contributed by atoms with E-state index in [4.69, 9.17) is 4.74 Å². The Balaban J connectivity index is 2.24. The summed E-state index contributed by atoms with van der Waals surface area (Å²) >= 11 is 0. The molecule has 0 aromatic carbocycles. The number of ether oxygens (including phenoxy) is 1. The molecule has 0 heterocycles. The van der Waals surface area contributed by atoms with E-state index in [-0.39, 0.29) is 17.0 Å². The SMILES string of the molecule is C=C(C)C(=O)OC1(C)C(C)C2CCC1(C)C2. The molecule has 2 nitrogen and oxygen atoms in total. The minimum atomic E-state index is -0.300. The number of fused-ring (bicyclic) bond motifs is 2. The molecule has 2 rings (SSSR count). The first-order valence-corrected chi connectivity index (χ1v) is 6.19. The normalized spacial score (nSPS) is 45.8. The van der Waals surface area contributed by atoms with Crippen LogP contribution < -0.4 is 0 Å². The van der Waals surface area contributed by atoms with Crippen molar-refractivity contribution in [3.05, 3.63) is 12.2 Å². The third-order valence-electron chi connectivity index (χ3n) is 5.21. The minimum absolute atomic E-state index is 0.169. The molecule has 16 heavy (non-hydrogen) atoms. The molecule has 2 fully saturated rings. The Morgan fingerprint density at radius 1 is 1.44 bits per heavy atom. The molecule has 2 heteroatoms. The minimum Gasteiger partial charge on any atom is -0.455 e. The summed E-state index contributed by atoms with van der Waals surface area (Å²) < 4.78 is 5.77. The Labute approximate surface area is 98.1 Å². The maximum atomic E-state index is 11.7. The van der Waals surface area contributed by atoms with Crippen LogP contribution in [0.4, 0.5) is 0 Å². The fourth-order valence-corrected chi connectivity index (χ4v) is 3.66. The van der Waals surface area contributed by atoms with Crippen LogP contribution in [-0.2, 0) is 9.53 Å². The van der Waals surface area contributed by atoms with Crippen molar-refractivity contribution >= 4 is 5.97 Å². The topological polar surface area (TPSA) is 26.3 Å². The Hall–Kier alpha value is -0.790. The summed E-state index contributed by atoms with van der Waals surface area (Å²) in [5.74, 6) is 0.964. The van der Waals surface area contributed by atoms with Crippen LogP contribution in [0.15, 0.2) is 12.2 Å². The highest BCUT2D eigenvalue weighted by molar-refractivity contribution is 5.87. The van der Waals surface area contributed by atoms with Crippen LogP contribution in [0.5, 0.6) is 0 Å². The predicted octanol–water partition coefficient (Wildman–Crippen LogP) is 3.32. The summed E-state index contributed by atoms with van der Waals surface area (Å²) in [6.07, 6.45) is 3.67. The van der Waals surface area contributed by atoms with Crippen molar-refractivity contribution in [1.29, 1.82) is 0 Å². The van der Waals surface area contributed by atoms with Crippen LogP contribution >= 0.6 is 0 Å². The summed E-state index contributed by atoms with van der Waals surface area (Å²) in [5, 5.41) is 0. The molecule has 0 aromatic heterocycles. The van der Waals surface area contributed by atoms with Crippen LogP contribution in [0.2, 0.25) is 0 Å². The highest BCUT2D eigenvalue weighted by Gasteiger charge is 2.63. The van der Waals surface area contributed by atoms with Crippen molar-refractivity contribution in [2.45, 2.75) is 52.6 Å². The zero-order valence-electron chi connectivity index (χ0n) is 10.8. The molecule has 0 amide bonds. The molecular formula is C14H22O2. The lowest BCUT2D eigenvalue weighted by molar-refractivity contribution is -0.174. The van der Waals surface area contributed by atoms with Gasteiger partial charge in [0.25, 0.3) is 0 Å². The molecule has 0 radical (unpaired) electrons. The first-order valence-electron chi connectivity index (χ1n) is 6.19. The second-order valence-corrected chi connectivity index (χ2v) is 6.13. The first-order chi connectivity index (χ1) is 7.30. The molecule has 2 aliphatic carbocycles. The van der Waals surface area contributed by atoms with Gasteiger partial charge in [0, 0.05) is 11.0 Å². The van der Waals surface area contributed by atoms with Gasteiger partial charge >= 0.3 is 5.97 Å². The number of carbonyl (C=O) groups excluding carboxylic acids is 1. The summed E-state index contributed by atoms with van der Waals surface area (Å²) in [4.78, 5) is 11.7. The van der Waals surface area contributed by atoms with Gasteiger partial charge in [-0.25, -0.2) is 4.79 Å². The molecule has 0 spiro atoms. The zero-order chi connectivity index (χ0) is 12.1. The van der Waals surface area contributed by atoms with E-state index in [2.05, 4.69) is 27.4 Å². The summed E-state index contributed by atoms with van der Waals surface area (Å²) in [7, 11) is 0. The number of carbonyl (C=O) groups is 1. The van der Waals surface area contributed by atoms with Gasteiger partial charge in [0.15, 0.2) is 0 Å². The van der Waals surface area contributed by atoms with Gasteiger partial charge in [-0.1, -0.05) is 20.4 Å². The third-order valence-corrected chi connectivity index (χ3v) is 5.21. The van der Waals surface area contributed by atoms with Gasteiger partial charge in [0.2, 0.25) is 0 Å².